The summed E-state index contributed by atoms with van der Waals surface area (Å²) in [5, 5.41) is 14.4. The van der Waals surface area contributed by atoms with Crippen molar-refractivity contribution in [1.29, 1.82) is 0 Å². The van der Waals surface area contributed by atoms with E-state index in [1.54, 1.807) is 14.0 Å². The molecule has 0 heterocycles. The highest BCUT2D eigenvalue weighted by Crippen LogP contribution is 2.29. The SMILES string of the molecule is COCC(C)NC(=O)NC1(C(=O)O)CCCC1. The molecule has 0 aromatic carbocycles. The molecule has 1 aliphatic carbocycles. The van der Waals surface area contributed by atoms with Gasteiger partial charge in [0.05, 0.1) is 12.6 Å². The molecule has 0 saturated heterocycles. The van der Waals surface area contributed by atoms with Crippen LogP contribution in [0.3, 0.4) is 0 Å². The Hall–Kier alpha value is -1.30. The molecule has 0 radical (unpaired) electrons. The molecule has 3 N–H and O–H groups in total. The number of nitrogens with one attached hydrogen (secondary N) is 2. The van der Waals surface area contributed by atoms with Crippen LogP contribution in [0.5, 0.6) is 0 Å². The van der Waals surface area contributed by atoms with Crippen molar-refractivity contribution in [3.63, 3.8) is 0 Å². The quantitative estimate of drug-likeness (QED) is 0.665. The molecule has 0 aromatic rings. The lowest BCUT2D eigenvalue weighted by molar-refractivity contribution is -0.144. The molecular formula is C11H20N2O4. The molecule has 2 amide bonds. The third-order valence-electron chi connectivity index (χ3n) is 3.01. The monoisotopic (exact) mass is 244 g/mol. The van der Waals surface area contributed by atoms with Gasteiger partial charge in [-0.25, -0.2) is 9.59 Å². The van der Waals surface area contributed by atoms with Gasteiger partial charge in [0.25, 0.3) is 0 Å². The van der Waals surface area contributed by atoms with Crippen molar-refractivity contribution < 1.29 is 19.4 Å². The third-order valence-corrected chi connectivity index (χ3v) is 3.01. The maximum atomic E-state index is 11.7. The van der Waals surface area contributed by atoms with E-state index in [1.165, 1.54) is 0 Å². The Morgan fingerprint density at radius 2 is 2.00 bits per heavy atom. The van der Waals surface area contributed by atoms with Crippen molar-refractivity contribution in [2.75, 3.05) is 13.7 Å². The van der Waals surface area contributed by atoms with Crippen molar-refractivity contribution >= 4 is 12.0 Å². The summed E-state index contributed by atoms with van der Waals surface area (Å²) in [6.45, 7) is 2.19. The summed E-state index contributed by atoms with van der Waals surface area (Å²) in [6, 6.07) is -0.592. The fraction of sp³-hybridized carbons (Fsp3) is 0.818. The Balaban J connectivity index is 2.51. The summed E-state index contributed by atoms with van der Waals surface area (Å²) in [4.78, 5) is 22.9. The van der Waals surface area contributed by atoms with Crippen LogP contribution in [0.2, 0.25) is 0 Å². The van der Waals surface area contributed by atoms with E-state index in [0.29, 0.717) is 19.4 Å². The van der Waals surface area contributed by atoms with E-state index < -0.39 is 17.5 Å². The van der Waals surface area contributed by atoms with Crippen LogP contribution in [-0.2, 0) is 9.53 Å². The van der Waals surface area contributed by atoms with Crippen molar-refractivity contribution in [3.8, 4) is 0 Å². The van der Waals surface area contributed by atoms with E-state index in [4.69, 9.17) is 4.74 Å². The van der Waals surface area contributed by atoms with Crippen molar-refractivity contribution in [2.24, 2.45) is 0 Å². The number of carbonyl (C=O) groups is 2. The molecule has 0 aromatic heterocycles. The van der Waals surface area contributed by atoms with Crippen LogP contribution in [0.1, 0.15) is 32.6 Å². The van der Waals surface area contributed by atoms with Crippen LogP contribution < -0.4 is 10.6 Å². The molecule has 1 rings (SSSR count). The molecule has 0 bridgehead atoms. The average Bonchev–Trinajstić information content (AvgIpc) is 2.67. The molecule has 0 aliphatic heterocycles. The number of carboxylic acid groups (broad SMARTS) is 1. The molecular weight excluding hydrogens is 224 g/mol. The van der Waals surface area contributed by atoms with Gasteiger partial charge in [0.15, 0.2) is 0 Å². The van der Waals surface area contributed by atoms with Crippen molar-refractivity contribution in [1.82, 2.24) is 10.6 Å². The highest BCUT2D eigenvalue weighted by molar-refractivity contribution is 5.86. The minimum absolute atomic E-state index is 0.146. The molecule has 1 atom stereocenters. The predicted molar refractivity (Wildman–Crippen MR) is 61.8 cm³/mol. The van der Waals surface area contributed by atoms with E-state index >= 15 is 0 Å². The smallest absolute Gasteiger partial charge is 0.329 e. The fourth-order valence-corrected chi connectivity index (χ4v) is 2.14. The van der Waals surface area contributed by atoms with Crippen molar-refractivity contribution in [3.05, 3.63) is 0 Å². The molecule has 1 fully saturated rings. The Morgan fingerprint density at radius 3 is 2.47 bits per heavy atom. The first-order valence-electron chi connectivity index (χ1n) is 5.81. The number of carboxylic acids is 1. The number of carbonyl (C=O) groups excluding carboxylic acids is 1. The molecule has 0 spiro atoms. The molecule has 17 heavy (non-hydrogen) atoms. The molecule has 98 valence electrons. The average molecular weight is 244 g/mol. The molecule has 1 unspecified atom stereocenters. The van der Waals surface area contributed by atoms with Gasteiger partial charge in [-0.05, 0) is 19.8 Å². The topological polar surface area (TPSA) is 87.7 Å². The lowest BCUT2D eigenvalue weighted by atomic mass is 9.98. The van der Waals surface area contributed by atoms with Crippen LogP contribution in [0, 0.1) is 0 Å². The van der Waals surface area contributed by atoms with Crippen LogP contribution in [-0.4, -0.2) is 42.4 Å². The van der Waals surface area contributed by atoms with E-state index in [0.717, 1.165) is 12.8 Å². The van der Waals surface area contributed by atoms with E-state index in [9.17, 15) is 14.7 Å². The third kappa shape index (κ3) is 3.59. The second-order valence-electron chi connectivity index (χ2n) is 4.55. The summed E-state index contributed by atoms with van der Waals surface area (Å²) in [6.07, 6.45) is 2.66. The summed E-state index contributed by atoms with van der Waals surface area (Å²) in [5.74, 6) is -0.954. The van der Waals surface area contributed by atoms with Gasteiger partial charge < -0.3 is 20.5 Å². The maximum absolute atomic E-state index is 11.7. The van der Waals surface area contributed by atoms with Crippen molar-refractivity contribution in [2.45, 2.75) is 44.2 Å². The highest BCUT2D eigenvalue weighted by Gasteiger charge is 2.42. The van der Waals surface area contributed by atoms with Crippen LogP contribution in [0.4, 0.5) is 4.79 Å². The molecule has 1 aliphatic rings. The molecule has 1 saturated carbocycles. The zero-order chi connectivity index (χ0) is 12.9. The lowest BCUT2D eigenvalue weighted by Crippen LogP contribution is -2.57. The van der Waals surface area contributed by atoms with E-state index in [2.05, 4.69) is 10.6 Å². The minimum atomic E-state index is -1.09. The van der Waals surface area contributed by atoms with Gasteiger partial charge >= 0.3 is 12.0 Å². The highest BCUT2D eigenvalue weighted by atomic mass is 16.5. The number of methoxy groups -OCH3 is 1. The first kappa shape index (κ1) is 13.8. The minimum Gasteiger partial charge on any atom is -0.480 e. The van der Waals surface area contributed by atoms with Gasteiger partial charge in [-0.15, -0.1) is 0 Å². The Labute approximate surface area is 101 Å². The number of aliphatic carboxylic acids is 1. The van der Waals surface area contributed by atoms with Gasteiger partial charge in [0, 0.05) is 7.11 Å². The standard InChI is InChI=1S/C11H20N2O4/c1-8(7-17-2)12-10(16)13-11(9(14)15)5-3-4-6-11/h8H,3-7H2,1-2H3,(H,14,15)(H2,12,13,16). The first-order valence-corrected chi connectivity index (χ1v) is 5.81. The van der Waals surface area contributed by atoms with E-state index in [-0.39, 0.29) is 6.04 Å². The molecule has 6 heteroatoms. The Morgan fingerprint density at radius 1 is 1.41 bits per heavy atom. The summed E-state index contributed by atoms with van der Waals surface area (Å²) < 4.78 is 4.89. The second-order valence-corrected chi connectivity index (χ2v) is 4.55. The first-order chi connectivity index (χ1) is 8.00. The zero-order valence-corrected chi connectivity index (χ0v) is 10.3. The van der Waals surface area contributed by atoms with Gasteiger partial charge in [-0.1, -0.05) is 12.8 Å². The predicted octanol–water partition coefficient (Wildman–Crippen LogP) is 0.718. The van der Waals surface area contributed by atoms with Crippen LogP contribution in [0.25, 0.3) is 0 Å². The van der Waals surface area contributed by atoms with Gasteiger partial charge in [-0.2, -0.15) is 0 Å². The number of amides is 2. The van der Waals surface area contributed by atoms with Gasteiger partial charge in [0.1, 0.15) is 5.54 Å². The maximum Gasteiger partial charge on any atom is 0.329 e. The zero-order valence-electron chi connectivity index (χ0n) is 10.3. The number of hydrogen-bond donors (Lipinski definition) is 3. The summed E-state index contributed by atoms with van der Waals surface area (Å²) in [5.41, 5.74) is -1.09. The van der Waals surface area contributed by atoms with Gasteiger partial charge in [-0.3, -0.25) is 0 Å². The Bertz CT molecular complexity index is 287. The van der Waals surface area contributed by atoms with Gasteiger partial charge in [0.2, 0.25) is 0 Å². The molecule has 6 nitrogen and oxygen atoms in total. The second kappa shape index (κ2) is 5.86. The summed E-state index contributed by atoms with van der Waals surface area (Å²) in [7, 11) is 1.55. The van der Waals surface area contributed by atoms with Crippen LogP contribution >= 0.6 is 0 Å². The number of hydrogen-bond acceptors (Lipinski definition) is 3. The van der Waals surface area contributed by atoms with Crippen LogP contribution in [0.15, 0.2) is 0 Å². The number of rotatable bonds is 5. The largest absolute Gasteiger partial charge is 0.480 e. The fourth-order valence-electron chi connectivity index (χ4n) is 2.14. The van der Waals surface area contributed by atoms with E-state index in [1.807, 2.05) is 0 Å². The number of ether oxygens (including phenoxy) is 1. The summed E-state index contributed by atoms with van der Waals surface area (Å²) >= 11 is 0. The normalized spacial score (nSPS) is 19.6. The number of urea groups is 1. The Kier molecular flexibility index (Phi) is 4.74. The lowest BCUT2D eigenvalue weighted by Gasteiger charge is -2.26.